The average Bonchev–Trinajstić information content (AvgIpc) is 3.11. The molecule has 2 heterocycles. The van der Waals surface area contributed by atoms with Gasteiger partial charge in [-0.3, -0.25) is 4.79 Å². The second-order valence-electron chi connectivity index (χ2n) is 4.32. The van der Waals surface area contributed by atoms with Gasteiger partial charge in [-0.2, -0.15) is 4.98 Å². The van der Waals surface area contributed by atoms with Crippen molar-refractivity contribution in [3.05, 3.63) is 41.8 Å². The molecular weight excluding hydrogens is 274 g/mol. The van der Waals surface area contributed by atoms with Crippen LogP contribution in [0.4, 0.5) is 0 Å². The Labute approximate surface area is 119 Å². The minimum Gasteiger partial charge on any atom is -0.375 e. The number of rotatable bonds is 5. The number of aromatic nitrogens is 4. The summed E-state index contributed by atoms with van der Waals surface area (Å²) in [6, 6.07) is 7.43. The van der Waals surface area contributed by atoms with E-state index in [1.165, 1.54) is 7.11 Å². The summed E-state index contributed by atoms with van der Waals surface area (Å²) in [6.07, 6.45) is 0. The molecule has 0 spiro atoms. The highest BCUT2D eigenvalue weighted by molar-refractivity contribution is 5.94. The van der Waals surface area contributed by atoms with Crippen LogP contribution in [0.15, 0.2) is 28.8 Å². The van der Waals surface area contributed by atoms with E-state index in [0.29, 0.717) is 11.7 Å². The number of carbonyl (C=O) groups is 1. The number of carbonyl (C=O) groups excluding carboxylic acids is 1. The normalized spacial score (nSPS) is 10.9. The first-order valence-corrected chi connectivity index (χ1v) is 6.29. The molecule has 3 rings (SSSR count). The monoisotopic (exact) mass is 287 g/mol. The summed E-state index contributed by atoms with van der Waals surface area (Å²) >= 11 is 0. The van der Waals surface area contributed by atoms with Gasteiger partial charge in [-0.05, 0) is 12.1 Å². The fraction of sp³-hybridized carbons (Fsp3) is 0.231. The smallest absolute Gasteiger partial charge is 0.287 e. The lowest BCUT2D eigenvalue weighted by molar-refractivity contribution is 0.0940. The maximum atomic E-state index is 12.0. The fourth-order valence-corrected chi connectivity index (χ4v) is 1.85. The van der Waals surface area contributed by atoms with E-state index in [-0.39, 0.29) is 24.9 Å². The third kappa shape index (κ3) is 2.90. The largest absolute Gasteiger partial charge is 0.375 e. The van der Waals surface area contributed by atoms with Crippen LogP contribution in [-0.2, 0) is 17.9 Å². The minimum absolute atomic E-state index is 0.156. The van der Waals surface area contributed by atoms with Crippen molar-refractivity contribution in [2.75, 3.05) is 7.11 Å². The van der Waals surface area contributed by atoms with Gasteiger partial charge in [-0.1, -0.05) is 17.3 Å². The highest BCUT2D eigenvalue weighted by Gasteiger charge is 2.12. The van der Waals surface area contributed by atoms with Gasteiger partial charge in [0.2, 0.25) is 0 Å². The number of para-hydroxylation sites is 2. The summed E-state index contributed by atoms with van der Waals surface area (Å²) in [6.45, 7) is 0.396. The topological polar surface area (TPSA) is 106 Å². The Balaban J connectivity index is 1.65. The van der Waals surface area contributed by atoms with Crippen LogP contribution in [0.2, 0.25) is 0 Å². The first-order valence-electron chi connectivity index (χ1n) is 6.29. The van der Waals surface area contributed by atoms with Gasteiger partial charge in [-0.25, -0.2) is 4.98 Å². The van der Waals surface area contributed by atoms with Crippen LogP contribution in [0.3, 0.4) is 0 Å². The molecule has 2 aromatic heterocycles. The van der Waals surface area contributed by atoms with E-state index in [1.54, 1.807) is 0 Å². The Bertz CT molecular complexity index is 731. The third-order valence-corrected chi connectivity index (χ3v) is 2.79. The van der Waals surface area contributed by atoms with Crippen LogP contribution in [-0.4, -0.2) is 33.1 Å². The molecule has 0 atom stereocenters. The molecular formula is C13H13N5O3. The molecule has 0 aliphatic heterocycles. The molecule has 0 radical (unpaired) electrons. The molecule has 0 saturated heterocycles. The lowest BCUT2D eigenvalue weighted by Gasteiger charge is -1.98. The molecule has 1 amide bonds. The zero-order valence-electron chi connectivity index (χ0n) is 11.3. The molecule has 1 aromatic carbocycles. The number of ether oxygens (including phenoxy) is 1. The van der Waals surface area contributed by atoms with Crippen molar-refractivity contribution in [1.82, 2.24) is 25.4 Å². The SMILES string of the molecule is COCc1nc(CNC(=O)c2nc3ccccc3[nH]2)no1. The van der Waals surface area contributed by atoms with Crippen molar-refractivity contribution in [3.8, 4) is 0 Å². The number of methoxy groups -OCH3 is 1. The summed E-state index contributed by atoms with van der Waals surface area (Å²) in [5.74, 6) is 0.665. The van der Waals surface area contributed by atoms with Gasteiger partial charge in [0.05, 0.1) is 17.6 Å². The maximum absolute atomic E-state index is 12.0. The van der Waals surface area contributed by atoms with Crippen molar-refractivity contribution in [2.45, 2.75) is 13.2 Å². The number of imidazole rings is 1. The quantitative estimate of drug-likeness (QED) is 0.725. The van der Waals surface area contributed by atoms with E-state index in [9.17, 15) is 4.79 Å². The minimum atomic E-state index is -0.329. The number of amides is 1. The van der Waals surface area contributed by atoms with Crippen LogP contribution < -0.4 is 5.32 Å². The second-order valence-corrected chi connectivity index (χ2v) is 4.32. The number of hydrogen-bond donors (Lipinski definition) is 2. The van der Waals surface area contributed by atoms with Crippen LogP contribution in [0.1, 0.15) is 22.3 Å². The van der Waals surface area contributed by atoms with Crippen molar-refractivity contribution < 1.29 is 14.1 Å². The molecule has 8 heteroatoms. The first kappa shape index (κ1) is 13.3. The number of aromatic amines is 1. The molecule has 21 heavy (non-hydrogen) atoms. The van der Waals surface area contributed by atoms with Crippen LogP contribution in [0.5, 0.6) is 0 Å². The maximum Gasteiger partial charge on any atom is 0.287 e. The van der Waals surface area contributed by atoms with E-state index in [0.717, 1.165) is 11.0 Å². The summed E-state index contributed by atoms with van der Waals surface area (Å²) in [7, 11) is 1.53. The van der Waals surface area contributed by atoms with Crippen molar-refractivity contribution in [3.63, 3.8) is 0 Å². The van der Waals surface area contributed by atoms with E-state index < -0.39 is 0 Å². The molecule has 0 unspecified atom stereocenters. The van der Waals surface area contributed by atoms with Crippen molar-refractivity contribution in [2.24, 2.45) is 0 Å². The molecule has 0 aliphatic rings. The molecule has 108 valence electrons. The standard InChI is InChI=1S/C13H13N5O3/c1-20-7-11-17-10(18-21-11)6-14-13(19)12-15-8-4-2-3-5-9(8)16-12/h2-5H,6-7H2,1H3,(H,14,19)(H,15,16). The third-order valence-electron chi connectivity index (χ3n) is 2.79. The Morgan fingerprint density at radius 1 is 1.38 bits per heavy atom. The Hall–Kier alpha value is -2.74. The number of fused-ring (bicyclic) bond motifs is 1. The first-order chi connectivity index (χ1) is 10.3. The lowest BCUT2D eigenvalue weighted by Crippen LogP contribution is -2.24. The molecule has 2 N–H and O–H groups in total. The van der Waals surface area contributed by atoms with E-state index in [1.807, 2.05) is 24.3 Å². The number of nitrogens with zero attached hydrogens (tertiary/aromatic N) is 3. The van der Waals surface area contributed by atoms with E-state index >= 15 is 0 Å². The summed E-state index contributed by atoms with van der Waals surface area (Å²) < 4.78 is 9.80. The average molecular weight is 287 g/mol. The second kappa shape index (κ2) is 5.71. The summed E-state index contributed by atoms with van der Waals surface area (Å²) in [5, 5.41) is 6.40. The Morgan fingerprint density at radius 2 is 2.24 bits per heavy atom. The number of nitrogens with one attached hydrogen (secondary N) is 2. The van der Waals surface area contributed by atoms with Gasteiger partial charge in [0.15, 0.2) is 11.6 Å². The highest BCUT2D eigenvalue weighted by atomic mass is 16.5. The Kier molecular flexibility index (Phi) is 3.61. The zero-order valence-corrected chi connectivity index (χ0v) is 11.3. The molecule has 3 aromatic rings. The number of H-pyrrole nitrogens is 1. The molecule has 0 bridgehead atoms. The van der Waals surface area contributed by atoms with Crippen LogP contribution in [0, 0.1) is 0 Å². The predicted octanol–water partition coefficient (Wildman–Crippen LogP) is 1.02. The zero-order chi connectivity index (χ0) is 14.7. The van der Waals surface area contributed by atoms with Crippen molar-refractivity contribution >= 4 is 16.9 Å². The number of benzene rings is 1. The van der Waals surface area contributed by atoms with Gasteiger partial charge in [-0.15, -0.1) is 0 Å². The van der Waals surface area contributed by atoms with Crippen molar-refractivity contribution in [1.29, 1.82) is 0 Å². The predicted molar refractivity (Wildman–Crippen MR) is 72.3 cm³/mol. The van der Waals surface area contributed by atoms with Gasteiger partial charge >= 0.3 is 0 Å². The highest BCUT2D eigenvalue weighted by Crippen LogP contribution is 2.10. The molecule has 0 fully saturated rings. The van der Waals surface area contributed by atoms with Gasteiger partial charge in [0.25, 0.3) is 11.8 Å². The van der Waals surface area contributed by atoms with Crippen LogP contribution >= 0.6 is 0 Å². The molecule has 0 saturated carbocycles. The van der Waals surface area contributed by atoms with Gasteiger partial charge in [0, 0.05) is 7.11 Å². The number of hydrogen-bond acceptors (Lipinski definition) is 6. The van der Waals surface area contributed by atoms with Gasteiger partial charge < -0.3 is 19.6 Å². The lowest BCUT2D eigenvalue weighted by atomic mass is 10.3. The van der Waals surface area contributed by atoms with E-state index in [2.05, 4.69) is 25.4 Å². The van der Waals surface area contributed by atoms with Gasteiger partial charge in [0.1, 0.15) is 6.61 Å². The summed E-state index contributed by atoms with van der Waals surface area (Å²) in [4.78, 5) is 23.2. The fourth-order valence-electron chi connectivity index (χ4n) is 1.85. The Morgan fingerprint density at radius 3 is 3.05 bits per heavy atom. The summed E-state index contributed by atoms with van der Waals surface area (Å²) in [5.41, 5.74) is 1.55. The van der Waals surface area contributed by atoms with E-state index in [4.69, 9.17) is 9.26 Å². The van der Waals surface area contributed by atoms with Crippen LogP contribution in [0.25, 0.3) is 11.0 Å². The molecule has 0 aliphatic carbocycles. The molecule has 8 nitrogen and oxygen atoms in total.